The summed E-state index contributed by atoms with van der Waals surface area (Å²) in [5, 5.41) is -0.0446. The van der Waals surface area contributed by atoms with Gasteiger partial charge < -0.3 is 10.6 Å². The smallest absolute Gasteiger partial charge is 0.254 e. The van der Waals surface area contributed by atoms with E-state index in [9.17, 15) is 9.18 Å². The van der Waals surface area contributed by atoms with E-state index in [-0.39, 0.29) is 10.9 Å². The van der Waals surface area contributed by atoms with Gasteiger partial charge in [-0.2, -0.15) is 0 Å². The van der Waals surface area contributed by atoms with Crippen molar-refractivity contribution >= 4 is 23.2 Å². The first-order valence-corrected chi connectivity index (χ1v) is 6.54. The number of hydrogen-bond acceptors (Lipinski definition) is 2. The molecule has 0 spiro atoms. The van der Waals surface area contributed by atoms with E-state index in [2.05, 4.69) is 0 Å². The van der Waals surface area contributed by atoms with Crippen LogP contribution in [-0.2, 0) is 13.1 Å². The van der Waals surface area contributed by atoms with Crippen LogP contribution in [0.3, 0.4) is 0 Å². The van der Waals surface area contributed by atoms with E-state index in [4.69, 9.17) is 17.3 Å². The summed E-state index contributed by atoms with van der Waals surface area (Å²) in [6.07, 6.45) is 0. The molecular formula is C15H12ClFN2O. The number of carbonyl (C=O) groups excluding carboxylic acids is 1. The van der Waals surface area contributed by atoms with Gasteiger partial charge in [-0.1, -0.05) is 17.7 Å². The molecule has 3 rings (SSSR count). The normalized spacial score (nSPS) is 13.4. The van der Waals surface area contributed by atoms with E-state index in [1.54, 1.807) is 4.90 Å². The van der Waals surface area contributed by atoms with Gasteiger partial charge in [0.1, 0.15) is 5.82 Å². The van der Waals surface area contributed by atoms with Crippen LogP contribution in [0.15, 0.2) is 36.4 Å². The summed E-state index contributed by atoms with van der Waals surface area (Å²) in [6, 6.07) is 9.63. The zero-order valence-corrected chi connectivity index (χ0v) is 11.3. The minimum atomic E-state index is -0.527. The van der Waals surface area contributed by atoms with E-state index < -0.39 is 5.82 Å². The Morgan fingerprint density at radius 3 is 2.65 bits per heavy atom. The second-order valence-electron chi connectivity index (χ2n) is 4.82. The topological polar surface area (TPSA) is 46.3 Å². The second kappa shape index (κ2) is 4.80. The number of carbonyl (C=O) groups is 1. The highest BCUT2D eigenvalue weighted by Gasteiger charge is 2.24. The number of nitrogen functional groups attached to an aromatic ring is 1. The van der Waals surface area contributed by atoms with Crippen LogP contribution in [-0.4, -0.2) is 10.8 Å². The average Bonchev–Trinajstić information content (AvgIpc) is 2.84. The molecule has 20 heavy (non-hydrogen) atoms. The summed E-state index contributed by atoms with van der Waals surface area (Å²) < 4.78 is 13.1. The largest absolute Gasteiger partial charge is 0.399 e. The molecule has 0 saturated heterocycles. The van der Waals surface area contributed by atoms with Crippen molar-refractivity contribution in [1.29, 1.82) is 0 Å². The Labute approximate surface area is 120 Å². The van der Waals surface area contributed by atoms with Crippen molar-refractivity contribution in [3.8, 4) is 0 Å². The number of nitrogens with two attached hydrogens (primary N) is 1. The third-order valence-electron chi connectivity index (χ3n) is 3.41. The number of benzene rings is 2. The first-order chi connectivity index (χ1) is 9.54. The molecule has 0 saturated carbocycles. The van der Waals surface area contributed by atoms with Gasteiger partial charge in [0.25, 0.3) is 5.91 Å². The van der Waals surface area contributed by atoms with Crippen molar-refractivity contribution in [2.24, 2.45) is 0 Å². The van der Waals surface area contributed by atoms with Crippen molar-refractivity contribution in [3.05, 3.63) is 63.9 Å². The Kier molecular flexibility index (Phi) is 3.10. The molecule has 0 aromatic heterocycles. The van der Waals surface area contributed by atoms with Crippen molar-refractivity contribution in [1.82, 2.24) is 4.90 Å². The molecule has 1 heterocycles. The van der Waals surface area contributed by atoms with Crippen molar-refractivity contribution in [3.63, 3.8) is 0 Å². The minimum absolute atomic E-state index is 0.0446. The molecule has 0 atom stereocenters. The molecule has 1 aliphatic heterocycles. The summed E-state index contributed by atoms with van der Waals surface area (Å²) in [4.78, 5) is 14.1. The van der Waals surface area contributed by atoms with Crippen LogP contribution in [0.4, 0.5) is 10.1 Å². The van der Waals surface area contributed by atoms with Crippen LogP contribution in [0, 0.1) is 5.82 Å². The molecule has 0 bridgehead atoms. The molecule has 5 heteroatoms. The molecule has 0 fully saturated rings. The summed E-state index contributed by atoms with van der Waals surface area (Å²) in [7, 11) is 0. The summed E-state index contributed by atoms with van der Waals surface area (Å²) in [5.74, 6) is -0.692. The predicted molar refractivity (Wildman–Crippen MR) is 75.8 cm³/mol. The SMILES string of the molecule is Nc1ccc2c(c1)CN(C(=O)c1ccc(F)c(Cl)c1)C2. The van der Waals surface area contributed by atoms with Gasteiger partial charge in [0.15, 0.2) is 0 Å². The van der Waals surface area contributed by atoms with Gasteiger partial charge in [-0.15, -0.1) is 0 Å². The fraction of sp³-hybridized carbons (Fsp3) is 0.133. The monoisotopic (exact) mass is 290 g/mol. The van der Waals surface area contributed by atoms with E-state index in [0.29, 0.717) is 24.3 Å². The lowest BCUT2D eigenvalue weighted by Gasteiger charge is -2.15. The number of anilines is 1. The molecule has 2 aromatic rings. The molecule has 102 valence electrons. The predicted octanol–water partition coefficient (Wildman–Crippen LogP) is 3.22. The standard InChI is InChI=1S/C15H12ClFN2O/c16-13-6-9(2-4-14(13)17)15(20)19-7-10-1-3-12(18)5-11(10)8-19/h1-6H,7-8,18H2. The van der Waals surface area contributed by atoms with E-state index in [0.717, 1.165) is 11.1 Å². The van der Waals surface area contributed by atoms with E-state index >= 15 is 0 Å². The number of fused-ring (bicyclic) bond motifs is 1. The van der Waals surface area contributed by atoms with Crippen molar-refractivity contribution < 1.29 is 9.18 Å². The number of amides is 1. The van der Waals surface area contributed by atoms with Crippen molar-refractivity contribution in [2.75, 3.05) is 5.73 Å². The highest BCUT2D eigenvalue weighted by atomic mass is 35.5. The molecule has 2 aromatic carbocycles. The zero-order chi connectivity index (χ0) is 14.3. The second-order valence-corrected chi connectivity index (χ2v) is 5.23. The Morgan fingerprint density at radius 1 is 1.15 bits per heavy atom. The fourth-order valence-electron chi connectivity index (χ4n) is 2.37. The third-order valence-corrected chi connectivity index (χ3v) is 3.70. The first-order valence-electron chi connectivity index (χ1n) is 6.16. The Bertz CT molecular complexity index is 702. The van der Waals surface area contributed by atoms with Crippen LogP contribution in [0.25, 0.3) is 0 Å². The van der Waals surface area contributed by atoms with Gasteiger partial charge in [0, 0.05) is 24.3 Å². The van der Waals surface area contributed by atoms with Gasteiger partial charge in [-0.05, 0) is 41.5 Å². The zero-order valence-electron chi connectivity index (χ0n) is 10.6. The maximum Gasteiger partial charge on any atom is 0.254 e. The average molecular weight is 291 g/mol. The van der Waals surface area contributed by atoms with Crippen molar-refractivity contribution in [2.45, 2.75) is 13.1 Å². The summed E-state index contributed by atoms with van der Waals surface area (Å²) in [6.45, 7) is 1.04. The Balaban J connectivity index is 1.85. The number of rotatable bonds is 1. The maximum absolute atomic E-state index is 13.1. The summed E-state index contributed by atoms with van der Waals surface area (Å²) >= 11 is 5.71. The van der Waals surface area contributed by atoms with Gasteiger partial charge >= 0.3 is 0 Å². The molecule has 0 unspecified atom stereocenters. The molecule has 1 amide bonds. The van der Waals surface area contributed by atoms with Crippen LogP contribution in [0.1, 0.15) is 21.5 Å². The Hall–Kier alpha value is -2.07. The van der Waals surface area contributed by atoms with Gasteiger partial charge in [-0.25, -0.2) is 4.39 Å². The third kappa shape index (κ3) is 2.23. The first kappa shape index (κ1) is 12.9. The van der Waals surface area contributed by atoms with Gasteiger partial charge in [-0.3, -0.25) is 4.79 Å². The summed E-state index contributed by atoms with van der Waals surface area (Å²) in [5.41, 5.74) is 8.94. The van der Waals surface area contributed by atoms with Crippen LogP contribution < -0.4 is 5.73 Å². The molecule has 3 nitrogen and oxygen atoms in total. The quantitative estimate of drug-likeness (QED) is 0.820. The molecule has 2 N–H and O–H groups in total. The molecule has 0 radical (unpaired) electrons. The van der Waals surface area contributed by atoms with Crippen LogP contribution in [0.2, 0.25) is 5.02 Å². The highest BCUT2D eigenvalue weighted by Crippen LogP contribution is 2.27. The lowest BCUT2D eigenvalue weighted by atomic mass is 10.1. The molecule has 1 aliphatic rings. The minimum Gasteiger partial charge on any atom is -0.399 e. The number of hydrogen-bond donors (Lipinski definition) is 1. The van der Waals surface area contributed by atoms with E-state index in [1.165, 1.54) is 18.2 Å². The van der Waals surface area contributed by atoms with Gasteiger partial charge in [0.05, 0.1) is 5.02 Å². The maximum atomic E-state index is 13.1. The van der Waals surface area contributed by atoms with Crippen LogP contribution >= 0.6 is 11.6 Å². The highest BCUT2D eigenvalue weighted by molar-refractivity contribution is 6.31. The molecule has 0 aliphatic carbocycles. The number of halogens is 2. The lowest BCUT2D eigenvalue weighted by molar-refractivity contribution is 0.0751. The molecular weight excluding hydrogens is 279 g/mol. The van der Waals surface area contributed by atoms with E-state index in [1.807, 2.05) is 18.2 Å². The lowest BCUT2D eigenvalue weighted by Crippen LogP contribution is -2.25. The Morgan fingerprint density at radius 2 is 1.90 bits per heavy atom. The van der Waals surface area contributed by atoms with Crippen LogP contribution in [0.5, 0.6) is 0 Å². The number of nitrogens with zero attached hydrogens (tertiary/aromatic N) is 1. The fourth-order valence-corrected chi connectivity index (χ4v) is 2.55. The van der Waals surface area contributed by atoms with Gasteiger partial charge in [0.2, 0.25) is 0 Å².